The second-order valence-corrected chi connectivity index (χ2v) is 7.84. The van der Waals surface area contributed by atoms with Gasteiger partial charge in [-0.2, -0.15) is 5.10 Å². The molecule has 0 radical (unpaired) electrons. The molecule has 33 heavy (non-hydrogen) atoms. The third kappa shape index (κ3) is 4.62. The Morgan fingerprint density at radius 3 is 2.73 bits per heavy atom. The molecule has 0 atom stereocenters. The average molecular weight is 443 g/mol. The maximum absolute atomic E-state index is 12.8. The van der Waals surface area contributed by atoms with Gasteiger partial charge in [0, 0.05) is 31.4 Å². The number of carbonyl (C=O) groups is 2. The molecule has 2 aromatic carbocycles. The van der Waals surface area contributed by atoms with Gasteiger partial charge in [0.1, 0.15) is 5.69 Å². The third-order valence-electron chi connectivity index (χ3n) is 5.61. The van der Waals surface area contributed by atoms with Crippen LogP contribution in [0.25, 0.3) is 21.9 Å². The van der Waals surface area contributed by atoms with Crippen molar-refractivity contribution in [2.45, 2.75) is 26.3 Å². The number of carbonyl (C=O) groups excluding carboxylic acids is 2. The molecule has 0 fully saturated rings. The van der Waals surface area contributed by atoms with E-state index in [0.29, 0.717) is 17.8 Å². The van der Waals surface area contributed by atoms with E-state index < -0.39 is 0 Å². The van der Waals surface area contributed by atoms with Gasteiger partial charge >= 0.3 is 5.97 Å². The number of rotatable bonds is 7. The summed E-state index contributed by atoms with van der Waals surface area (Å²) in [5.41, 5.74) is 4.78. The molecule has 4 rings (SSSR count). The Morgan fingerprint density at radius 2 is 1.94 bits per heavy atom. The van der Waals surface area contributed by atoms with E-state index in [0.717, 1.165) is 46.0 Å². The van der Waals surface area contributed by atoms with Crippen molar-refractivity contribution < 1.29 is 14.3 Å². The summed E-state index contributed by atoms with van der Waals surface area (Å²) in [6, 6.07) is 15.1. The Balaban J connectivity index is 1.62. The quantitative estimate of drug-likeness (QED) is 0.431. The van der Waals surface area contributed by atoms with Crippen LogP contribution in [0.15, 0.2) is 60.9 Å². The fourth-order valence-corrected chi connectivity index (χ4v) is 3.97. The van der Waals surface area contributed by atoms with E-state index in [1.54, 1.807) is 30.2 Å². The van der Waals surface area contributed by atoms with Crippen molar-refractivity contribution in [3.8, 4) is 11.1 Å². The van der Waals surface area contributed by atoms with Crippen LogP contribution in [0.4, 0.5) is 0 Å². The number of benzene rings is 2. The van der Waals surface area contributed by atoms with Crippen LogP contribution >= 0.6 is 0 Å². The summed E-state index contributed by atoms with van der Waals surface area (Å²) >= 11 is 0. The van der Waals surface area contributed by atoms with Gasteiger partial charge in [0.2, 0.25) is 0 Å². The highest BCUT2D eigenvalue weighted by molar-refractivity contribution is 6.00. The Labute approximate surface area is 192 Å². The molecule has 0 aliphatic rings. The van der Waals surface area contributed by atoms with E-state index in [-0.39, 0.29) is 11.9 Å². The molecule has 4 aromatic rings. The van der Waals surface area contributed by atoms with E-state index in [1.807, 2.05) is 42.5 Å². The van der Waals surface area contributed by atoms with Gasteiger partial charge in [0.25, 0.3) is 5.91 Å². The van der Waals surface area contributed by atoms with E-state index in [4.69, 9.17) is 4.74 Å². The predicted octanol–water partition coefficient (Wildman–Crippen LogP) is 4.30. The van der Waals surface area contributed by atoms with Crippen LogP contribution in [-0.2, 0) is 24.8 Å². The van der Waals surface area contributed by atoms with Crippen molar-refractivity contribution in [2.24, 2.45) is 7.05 Å². The van der Waals surface area contributed by atoms with Gasteiger partial charge in [-0.25, -0.2) is 4.79 Å². The van der Waals surface area contributed by atoms with Crippen LogP contribution < -0.4 is 5.32 Å². The highest BCUT2D eigenvalue weighted by Gasteiger charge is 2.15. The number of aryl methyl sites for hydroxylation is 2. The lowest BCUT2D eigenvalue weighted by atomic mass is 9.95. The molecular weight excluding hydrogens is 416 g/mol. The number of amides is 1. The molecule has 1 N–H and O–H groups in total. The number of nitrogens with zero attached hydrogens (tertiary/aromatic N) is 3. The molecule has 0 unspecified atom stereocenters. The average Bonchev–Trinajstić information content (AvgIpc) is 3.22. The summed E-state index contributed by atoms with van der Waals surface area (Å²) in [4.78, 5) is 29.0. The van der Waals surface area contributed by atoms with Crippen LogP contribution in [0, 0.1) is 0 Å². The monoisotopic (exact) mass is 442 g/mol. The SMILES string of the molecule is CCCc1cc(C(=O)NCc2ccc(-c3cccc(C(=O)OC)c3)c3ccncc23)n(C)n1. The third-order valence-corrected chi connectivity index (χ3v) is 5.61. The zero-order valence-corrected chi connectivity index (χ0v) is 19.0. The minimum Gasteiger partial charge on any atom is -0.465 e. The van der Waals surface area contributed by atoms with Crippen molar-refractivity contribution >= 4 is 22.6 Å². The first kappa shape index (κ1) is 22.2. The molecule has 168 valence electrons. The minimum absolute atomic E-state index is 0.167. The van der Waals surface area contributed by atoms with Crippen LogP contribution in [0.1, 0.15) is 45.4 Å². The number of nitrogens with one attached hydrogen (secondary N) is 1. The largest absolute Gasteiger partial charge is 0.465 e. The molecule has 0 aliphatic carbocycles. The molecule has 7 nitrogen and oxygen atoms in total. The number of pyridine rings is 1. The lowest BCUT2D eigenvalue weighted by Gasteiger charge is -2.13. The standard InChI is InChI=1S/C26H26N4O3/c1-4-6-20-14-24(30(2)29-20)25(31)28-15-19-9-10-21(22-11-12-27-16-23(19)22)17-7-5-8-18(13-17)26(32)33-3/h5,7-14,16H,4,6,15H2,1-3H3,(H,28,31). The van der Waals surface area contributed by atoms with E-state index >= 15 is 0 Å². The summed E-state index contributed by atoms with van der Waals surface area (Å²) in [5.74, 6) is -0.543. The summed E-state index contributed by atoms with van der Waals surface area (Å²) in [5, 5.41) is 9.35. The van der Waals surface area contributed by atoms with E-state index in [9.17, 15) is 9.59 Å². The van der Waals surface area contributed by atoms with Crippen LogP contribution in [0.5, 0.6) is 0 Å². The molecule has 2 aromatic heterocycles. The van der Waals surface area contributed by atoms with Gasteiger partial charge in [0.05, 0.1) is 18.4 Å². The molecule has 0 aliphatic heterocycles. The lowest BCUT2D eigenvalue weighted by Crippen LogP contribution is -2.25. The Morgan fingerprint density at radius 1 is 1.09 bits per heavy atom. The number of ether oxygens (including phenoxy) is 1. The first-order valence-corrected chi connectivity index (χ1v) is 10.9. The Hall–Kier alpha value is -4.00. The van der Waals surface area contributed by atoms with Gasteiger partial charge in [-0.05, 0) is 52.8 Å². The molecule has 1 amide bonds. The van der Waals surface area contributed by atoms with Crippen LogP contribution in [0.3, 0.4) is 0 Å². The highest BCUT2D eigenvalue weighted by Crippen LogP contribution is 2.31. The number of aromatic nitrogens is 3. The predicted molar refractivity (Wildman–Crippen MR) is 127 cm³/mol. The zero-order chi connectivity index (χ0) is 23.4. The lowest BCUT2D eigenvalue weighted by molar-refractivity contribution is 0.0600. The molecule has 7 heteroatoms. The second kappa shape index (κ2) is 9.65. The first-order valence-electron chi connectivity index (χ1n) is 10.9. The number of hydrogen-bond donors (Lipinski definition) is 1. The summed E-state index contributed by atoms with van der Waals surface area (Å²) in [6.07, 6.45) is 5.36. The van der Waals surface area contributed by atoms with Gasteiger partial charge < -0.3 is 10.1 Å². The van der Waals surface area contributed by atoms with Crippen LogP contribution in [0.2, 0.25) is 0 Å². The first-order chi connectivity index (χ1) is 16.0. The number of esters is 1. The van der Waals surface area contributed by atoms with Crippen molar-refractivity contribution in [2.75, 3.05) is 7.11 Å². The van der Waals surface area contributed by atoms with Crippen molar-refractivity contribution in [3.63, 3.8) is 0 Å². The zero-order valence-electron chi connectivity index (χ0n) is 19.0. The summed E-state index contributed by atoms with van der Waals surface area (Å²) in [6.45, 7) is 2.45. The minimum atomic E-state index is -0.376. The molecule has 0 saturated carbocycles. The Kier molecular flexibility index (Phi) is 6.49. The highest BCUT2D eigenvalue weighted by atomic mass is 16.5. The number of fused-ring (bicyclic) bond motifs is 1. The van der Waals surface area contributed by atoms with Crippen molar-refractivity contribution in [1.29, 1.82) is 0 Å². The summed E-state index contributed by atoms with van der Waals surface area (Å²) < 4.78 is 6.48. The molecule has 0 spiro atoms. The van der Waals surface area contributed by atoms with Crippen molar-refractivity contribution in [3.05, 3.63) is 83.4 Å². The van der Waals surface area contributed by atoms with Gasteiger partial charge in [-0.15, -0.1) is 0 Å². The smallest absolute Gasteiger partial charge is 0.337 e. The van der Waals surface area contributed by atoms with Gasteiger partial charge in [-0.3, -0.25) is 14.5 Å². The maximum Gasteiger partial charge on any atom is 0.337 e. The fraction of sp³-hybridized carbons (Fsp3) is 0.231. The topological polar surface area (TPSA) is 86.1 Å². The number of hydrogen-bond acceptors (Lipinski definition) is 5. The van der Waals surface area contributed by atoms with E-state index in [2.05, 4.69) is 22.3 Å². The molecule has 0 bridgehead atoms. The fourth-order valence-electron chi connectivity index (χ4n) is 3.97. The normalized spacial score (nSPS) is 10.9. The Bertz CT molecular complexity index is 1330. The molecular formula is C26H26N4O3. The van der Waals surface area contributed by atoms with Gasteiger partial charge in [-0.1, -0.05) is 37.6 Å². The second-order valence-electron chi connectivity index (χ2n) is 7.84. The van der Waals surface area contributed by atoms with Crippen LogP contribution in [-0.4, -0.2) is 33.8 Å². The number of methoxy groups -OCH3 is 1. The molecule has 0 saturated heterocycles. The van der Waals surface area contributed by atoms with Gasteiger partial charge in [0.15, 0.2) is 0 Å². The van der Waals surface area contributed by atoms with Crippen molar-refractivity contribution in [1.82, 2.24) is 20.1 Å². The maximum atomic E-state index is 12.8. The van der Waals surface area contributed by atoms with E-state index in [1.165, 1.54) is 7.11 Å². The molecule has 2 heterocycles. The summed E-state index contributed by atoms with van der Waals surface area (Å²) in [7, 11) is 3.15.